The highest BCUT2D eigenvalue weighted by Crippen LogP contribution is 2.57. The molecule has 0 aromatic heterocycles. The normalized spacial score (nSPS) is 24.4. The third kappa shape index (κ3) is 2.79. The molecule has 0 N–H and O–H groups in total. The zero-order valence-electron chi connectivity index (χ0n) is 18.7. The summed E-state index contributed by atoms with van der Waals surface area (Å²) < 4.78 is 20.2. The Kier molecular flexibility index (Phi) is 4.63. The van der Waals surface area contributed by atoms with Gasteiger partial charge in [0.25, 0.3) is 0 Å². The Morgan fingerprint density at radius 1 is 0.857 bits per heavy atom. The van der Waals surface area contributed by atoms with E-state index in [2.05, 4.69) is 0 Å². The number of carbonyl (C=O) groups is 4. The van der Waals surface area contributed by atoms with Gasteiger partial charge in [-0.25, -0.2) is 9.29 Å². The van der Waals surface area contributed by atoms with Crippen LogP contribution >= 0.6 is 0 Å². The average Bonchev–Trinajstić information content (AvgIpc) is 3.44. The second kappa shape index (κ2) is 7.52. The Hall–Kier alpha value is -3.97. The lowest BCUT2D eigenvalue weighted by Crippen LogP contribution is -2.51. The molecule has 35 heavy (non-hydrogen) atoms. The molecule has 6 rings (SSSR count). The molecule has 2 fully saturated rings. The Morgan fingerprint density at radius 2 is 1.51 bits per heavy atom. The van der Waals surface area contributed by atoms with E-state index in [9.17, 15) is 23.6 Å². The lowest BCUT2D eigenvalue weighted by atomic mass is 9.77. The predicted molar refractivity (Wildman–Crippen MR) is 123 cm³/mol. The Balaban J connectivity index is 1.53. The molecule has 174 valence electrons. The van der Waals surface area contributed by atoms with E-state index >= 15 is 0 Å². The van der Waals surface area contributed by atoms with Gasteiger partial charge in [-0.15, -0.1) is 0 Å². The van der Waals surface area contributed by atoms with Gasteiger partial charge in [-0.2, -0.15) is 0 Å². The van der Waals surface area contributed by atoms with Crippen molar-refractivity contribution in [2.75, 3.05) is 4.90 Å². The van der Waals surface area contributed by atoms with Crippen LogP contribution in [0.15, 0.2) is 72.8 Å². The number of benzene rings is 3. The zero-order chi connectivity index (χ0) is 24.5. The SMILES string of the molecule is CCc1ccc([C@@H]2OC3(C(=O)c4ccccc4C3=O)[C@@H]3C(=O)N(c4cccc(F)c4)C(=O)[C@H]32)cc1. The summed E-state index contributed by atoms with van der Waals surface area (Å²) in [5.41, 5.74) is -0.0935. The molecule has 0 radical (unpaired) electrons. The first-order chi connectivity index (χ1) is 16.9. The van der Waals surface area contributed by atoms with Gasteiger partial charge >= 0.3 is 0 Å². The van der Waals surface area contributed by atoms with Crippen molar-refractivity contribution in [3.8, 4) is 0 Å². The first kappa shape index (κ1) is 21.6. The van der Waals surface area contributed by atoms with Gasteiger partial charge in [0.1, 0.15) is 5.82 Å². The van der Waals surface area contributed by atoms with Crippen molar-refractivity contribution in [2.45, 2.75) is 25.0 Å². The zero-order valence-corrected chi connectivity index (χ0v) is 18.7. The number of anilines is 1. The van der Waals surface area contributed by atoms with Crippen LogP contribution in [0.5, 0.6) is 0 Å². The molecule has 3 aromatic carbocycles. The van der Waals surface area contributed by atoms with E-state index in [0.717, 1.165) is 23.0 Å². The number of Topliss-reactive ketones (excluding diaryl/α,β-unsaturated/α-hetero) is 2. The molecule has 6 nitrogen and oxygen atoms in total. The third-order valence-corrected chi connectivity index (χ3v) is 7.30. The molecule has 0 unspecified atom stereocenters. The third-order valence-electron chi connectivity index (χ3n) is 7.30. The fourth-order valence-electron chi connectivity index (χ4n) is 5.63. The molecular weight excluding hydrogens is 449 g/mol. The second-order valence-corrected chi connectivity index (χ2v) is 9.07. The van der Waals surface area contributed by atoms with Gasteiger partial charge < -0.3 is 4.74 Å². The Labute approximate surface area is 200 Å². The number of fused-ring (bicyclic) bond motifs is 3. The topological polar surface area (TPSA) is 80.8 Å². The van der Waals surface area contributed by atoms with Crippen molar-refractivity contribution in [2.24, 2.45) is 11.8 Å². The number of hydrogen-bond acceptors (Lipinski definition) is 5. The van der Waals surface area contributed by atoms with Gasteiger partial charge in [-0.3, -0.25) is 19.2 Å². The van der Waals surface area contributed by atoms with E-state index in [1.54, 1.807) is 24.3 Å². The first-order valence-electron chi connectivity index (χ1n) is 11.5. The van der Waals surface area contributed by atoms with Gasteiger partial charge in [-0.1, -0.05) is 61.5 Å². The number of ether oxygens (including phenoxy) is 1. The van der Waals surface area contributed by atoms with E-state index in [1.165, 1.54) is 30.3 Å². The lowest BCUT2D eigenvalue weighted by molar-refractivity contribution is -0.127. The van der Waals surface area contributed by atoms with Crippen LogP contribution in [0.4, 0.5) is 10.1 Å². The number of halogens is 1. The van der Waals surface area contributed by atoms with Crippen molar-refractivity contribution in [3.05, 3.63) is 101 Å². The summed E-state index contributed by atoms with van der Waals surface area (Å²) >= 11 is 0. The van der Waals surface area contributed by atoms with Crippen LogP contribution in [0.1, 0.15) is 44.9 Å². The molecule has 3 atom stereocenters. The molecule has 1 spiro atoms. The molecule has 2 aliphatic heterocycles. The second-order valence-electron chi connectivity index (χ2n) is 9.07. The fourth-order valence-corrected chi connectivity index (χ4v) is 5.63. The summed E-state index contributed by atoms with van der Waals surface area (Å²) in [6.07, 6.45) is -0.193. The van der Waals surface area contributed by atoms with E-state index < -0.39 is 52.7 Å². The minimum absolute atomic E-state index is 0.0556. The molecular formula is C28H20FNO5. The molecule has 0 saturated carbocycles. The van der Waals surface area contributed by atoms with Gasteiger partial charge in [0.2, 0.25) is 29.0 Å². The van der Waals surface area contributed by atoms with Crippen molar-refractivity contribution in [3.63, 3.8) is 0 Å². The van der Waals surface area contributed by atoms with Crippen LogP contribution in [0.3, 0.4) is 0 Å². The number of hydrogen-bond donors (Lipinski definition) is 0. The summed E-state index contributed by atoms with van der Waals surface area (Å²) in [6, 6.07) is 18.8. The highest BCUT2D eigenvalue weighted by atomic mass is 19.1. The summed E-state index contributed by atoms with van der Waals surface area (Å²) in [6.45, 7) is 2.01. The number of aryl methyl sites for hydroxylation is 1. The molecule has 7 heteroatoms. The summed E-state index contributed by atoms with van der Waals surface area (Å²) in [4.78, 5) is 55.8. The molecule has 2 amide bonds. The van der Waals surface area contributed by atoms with Crippen LogP contribution in [-0.4, -0.2) is 29.0 Å². The summed E-state index contributed by atoms with van der Waals surface area (Å²) in [5.74, 6) is -5.69. The van der Waals surface area contributed by atoms with Crippen LogP contribution < -0.4 is 4.90 Å². The molecule has 2 saturated heterocycles. The van der Waals surface area contributed by atoms with Gasteiger partial charge in [0.05, 0.1) is 23.6 Å². The van der Waals surface area contributed by atoms with E-state index in [1.807, 2.05) is 19.1 Å². The summed E-state index contributed by atoms with van der Waals surface area (Å²) in [5, 5.41) is 0. The van der Waals surface area contributed by atoms with E-state index in [-0.39, 0.29) is 16.8 Å². The maximum Gasteiger partial charge on any atom is 0.241 e. The molecule has 2 heterocycles. The number of carbonyl (C=O) groups excluding carboxylic acids is 4. The average molecular weight is 469 g/mol. The first-order valence-corrected chi connectivity index (χ1v) is 11.5. The minimum atomic E-state index is -2.14. The molecule has 3 aromatic rings. The molecule has 1 aliphatic carbocycles. The van der Waals surface area contributed by atoms with Crippen molar-refractivity contribution in [1.29, 1.82) is 0 Å². The monoisotopic (exact) mass is 469 g/mol. The molecule has 3 aliphatic rings. The Bertz CT molecular complexity index is 1390. The quantitative estimate of drug-likeness (QED) is 0.427. The van der Waals surface area contributed by atoms with Crippen LogP contribution in [0.25, 0.3) is 0 Å². The highest BCUT2D eigenvalue weighted by molar-refractivity contribution is 6.37. The largest absolute Gasteiger partial charge is 0.349 e. The number of ketones is 2. The lowest BCUT2D eigenvalue weighted by Gasteiger charge is -2.27. The number of rotatable bonds is 3. The van der Waals surface area contributed by atoms with Gasteiger partial charge in [-0.05, 0) is 35.7 Å². The van der Waals surface area contributed by atoms with Crippen molar-refractivity contribution in [1.82, 2.24) is 0 Å². The van der Waals surface area contributed by atoms with Gasteiger partial charge in [0, 0.05) is 11.1 Å². The standard InChI is InChI=1S/C28H20FNO5/c1-2-15-10-12-16(13-11-15)23-21-22(27(34)30(26(21)33)18-7-5-6-17(29)14-18)28(35-23)24(31)19-8-3-4-9-20(19)25(28)32/h3-14,21-23H,2H2,1H3/t21-,22+,23+/m1/s1. The maximum absolute atomic E-state index is 14.0. The summed E-state index contributed by atoms with van der Waals surface area (Å²) in [7, 11) is 0. The van der Waals surface area contributed by atoms with Gasteiger partial charge in [0.15, 0.2) is 0 Å². The number of nitrogens with zero attached hydrogens (tertiary/aromatic N) is 1. The molecule has 0 bridgehead atoms. The van der Waals surface area contributed by atoms with Crippen LogP contribution in [0, 0.1) is 17.7 Å². The fraction of sp³-hybridized carbons (Fsp3) is 0.214. The minimum Gasteiger partial charge on any atom is -0.349 e. The smallest absolute Gasteiger partial charge is 0.241 e. The number of imide groups is 1. The maximum atomic E-state index is 14.0. The van der Waals surface area contributed by atoms with E-state index in [0.29, 0.717) is 5.56 Å². The Morgan fingerprint density at radius 3 is 2.11 bits per heavy atom. The van der Waals surface area contributed by atoms with Crippen molar-refractivity contribution >= 4 is 29.1 Å². The predicted octanol–water partition coefficient (Wildman–Crippen LogP) is 4.08. The number of amides is 2. The highest BCUT2D eigenvalue weighted by Gasteiger charge is 2.74. The van der Waals surface area contributed by atoms with Crippen LogP contribution in [0.2, 0.25) is 0 Å². The van der Waals surface area contributed by atoms with E-state index in [4.69, 9.17) is 4.74 Å². The van der Waals surface area contributed by atoms with Crippen molar-refractivity contribution < 1.29 is 28.3 Å². The van der Waals surface area contributed by atoms with Crippen LogP contribution in [-0.2, 0) is 20.7 Å².